The second-order valence-corrected chi connectivity index (χ2v) is 5.34. The maximum atomic E-state index is 9.28. The van der Waals surface area contributed by atoms with Crippen molar-refractivity contribution in [2.75, 3.05) is 18.1 Å². The number of rotatable bonds is 2. The van der Waals surface area contributed by atoms with E-state index in [-0.39, 0.29) is 12.1 Å². The van der Waals surface area contributed by atoms with Crippen molar-refractivity contribution < 1.29 is 5.11 Å². The molecule has 1 aliphatic heterocycles. The van der Waals surface area contributed by atoms with Crippen LogP contribution in [0.5, 0.6) is 0 Å². The SMILES string of the molecule is CC1(C)CC(CO)CN1c1cccc(C#N)c1. The van der Waals surface area contributed by atoms with E-state index < -0.39 is 0 Å². The molecule has 1 saturated heterocycles. The average molecular weight is 230 g/mol. The maximum Gasteiger partial charge on any atom is 0.0992 e. The molecule has 1 N–H and O–H groups in total. The Morgan fingerprint density at radius 1 is 1.53 bits per heavy atom. The van der Waals surface area contributed by atoms with Crippen LogP contribution < -0.4 is 4.90 Å². The number of anilines is 1. The molecule has 1 aromatic rings. The molecule has 0 spiro atoms. The third kappa shape index (κ3) is 2.27. The lowest BCUT2D eigenvalue weighted by Gasteiger charge is -2.33. The highest BCUT2D eigenvalue weighted by Gasteiger charge is 2.37. The predicted molar refractivity (Wildman–Crippen MR) is 67.8 cm³/mol. The fourth-order valence-corrected chi connectivity index (χ4v) is 2.71. The molecule has 2 rings (SSSR count). The monoisotopic (exact) mass is 230 g/mol. The summed E-state index contributed by atoms with van der Waals surface area (Å²) in [5.41, 5.74) is 1.80. The predicted octanol–water partition coefficient (Wildman–Crippen LogP) is 2.16. The van der Waals surface area contributed by atoms with Gasteiger partial charge in [-0.15, -0.1) is 0 Å². The molecule has 0 amide bonds. The van der Waals surface area contributed by atoms with Crippen LogP contribution in [0, 0.1) is 17.2 Å². The minimum atomic E-state index is 0.0431. The Bertz CT molecular complexity index is 448. The van der Waals surface area contributed by atoms with E-state index in [4.69, 9.17) is 5.26 Å². The summed E-state index contributed by atoms with van der Waals surface area (Å²) in [6.45, 7) is 5.46. The molecule has 1 atom stereocenters. The van der Waals surface area contributed by atoms with Gasteiger partial charge in [-0.1, -0.05) is 6.07 Å². The van der Waals surface area contributed by atoms with Crippen molar-refractivity contribution in [1.29, 1.82) is 5.26 Å². The molecule has 1 fully saturated rings. The van der Waals surface area contributed by atoms with Gasteiger partial charge < -0.3 is 10.0 Å². The van der Waals surface area contributed by atoms with Crippen LogP contribution in [0.3, 0.4) is 0 Å². The molecule has 1 aliphatic rings. The van der Waals surface area contributed by atoms with E-state index >= 15 is 0 Å². The van der Waals surface area contributed by atoms with Crippen molar-refractivity contribution in [2.45, 2.75) is 25.8 Å². The zero-order valence-electron chi connectivity index (χ0n) is 10.3. The van der Waals surface area contributed by atoms with E-state index in [0.29, 0.717) is 11.5 Å². The number of aliphatic hydroxyl groups is 1. The molecule has 0 bridgehead atoms. The molecule has 0 aromatic heterocycles. The lowest BCUT2D eigenvalue weighted by atomic mass is 9.96. The zero-order chi connectivity index (χ0) is 12.5. The van der Waals surface area contributed by atoms with E-state index in [1.165, 1.54) is 0 Å². The summed E-state index contributed by atoms with van der Waals surface area (Å²) in [5, 5.41) is 18.2. The van der Waals surface area contributed by atoms with Crippen molar-refractivity contribution in [1.82, 2.24) is 0 Å². The largest absolute Gasteiger partial charge is 0.396 e. The number of nitriles is 1. The molecule has 0 radical (unpaired) electrons. The second-order valence-electron chi connectivity index (χ2n) is 5.34. The minimum absolute atomic E-state index is 0.0431. The molecule has 90 valence electrons. The molecule has 0 aliphatic carbocycles. The Balaban J connectivity index is 2.30. The first kappa shape index (κ1) is 11.9. The fraction of sp³-hybridized carbons (Fsp3) is 0.500. The Hall–Kier alpha value is -1.53. The Kier molecular flexibility index (Phi) is 3.08. The number of nitrogens with zero attached hydrogens (tertiary/aromatic N) is 2. The molecule has 1 aromatic carbocycles. The highest BCUT2D eigenvalue weighted by Crippen LogP contribution is 2.36. The van der Waals surface area contributed by atoms with Gasteiger partial charge in [0.2, 0.25) is 0 Å². The highest BCUT2D eigenvalue weighted by atomic mass is 16.3. The van der Waals surface area contributed by atoms with Gasteiger partial charge in [-0.05, 0) is 38.5 Å². The molecule has 17 heavy (non-hydrogen) atoms. The molecule has 1 heterocycles. The lowest BCUT2D eigenvalue weighted by molar-refractivity contribution is 0.232. The van der Waals surface area contributed by atoms with Crippen LogP contribution in [0.2, 0.25) is 0 Å². The van der Waals surface area contributed by atoms with Crippen molar-refractivity contribution in [2.24, 2.45) is 5.92 Å². The van der Waals surface area contributed by atoms with E-state index in [1.54, 1.807) is 0 Å². The summed E-state index contributed by atoms with van der Waals surface area (Å²) >= 11 is 0. The van der Waals surface area contributed by atoms with Gasteiger partial charge in [0, 0.05) is 30.3 Å². The van der Waals surface area contributed by atoms with Gasteiger partial charge in [-0.3, -0.25) is 0 Å². The first-order valence-corrected chi connectivity index (χ1v) is 5.95. The second kappa shape index (κ2) is 4.38. The smallest absolute Gasteiger partial charge is 0.0992 e. The normalized spacial score (nSPS) is 22.5. The third-order valence-corrected chi connectivity index (χ3v) is 3.50. The fourth-order valence-electron chi connectivity index (χ4n) is 2.71. The van der Waals surface area contributed by atoms with Gasteiger partial charge in [0.1, 0.15) is 0 Å². The Morgan fingerprint density at radius 2 is 2.29 bits per heavy atom. The van der Waals surface area contributed by atoms with Crippen molar-refractivity contribution in [3.05, 3.63) is 29.8 Å². The van der Waals surface area contributed by atoms with Crippen molar-refractivity contribution in [3.63, 3.8) is 0 Å². The minimum Gasteiger partial charge on any atom is -0.396 e. The van der Waals surface area contributed by atoms with Crippen LogP contribution in [-0.2, 0) is 0 Å². The van der Waals surface area contributed by atoms with Crippen LogP contribution in [0.1, 0.15) is 25.8 Å². The summed E-state index contributed by atoms with van der Waals surface area (Å²) in [4.78, 5) is 2.29. The summed E-state index contributed by atoms with van der Waals surface area (Å²) in [6.07, 6.45) is 0.986. The quantitative estimate of drug-likeness (QED) is 0.847. The summed E-state index contributed by atoms with van der Waals surface area (Å²) in [6, 6.07) is 9.84. The average Bonchev–Trinajstić information content (AvgIpc) is 2.64. The number of aliphatic hydroxyl groups excluding tert-OH is 1. The highest BCUT2D eigenvalue weighted by molar-refractivity contribution is 5.54. The van der Waals surface area contributed by atoms with Gasteiger partial charge in [0.15, 0.2) is 0 Å². The zero-order valence-corrected chi connectivity index (χ0v) is 10.3. The Morgan fingerprint density at radius 3 is 2.88 bits per heavy atom. The number of hydrogen-bond acceptors (Lipinski definition) is 3. The van der Waals surface area contributed by atoms with Gasteiger partial charge in [0.25, 0.3) is 0 Å². The van der Waals surface area contributed by atoms with Gasteiger partial charge in [0.05, 0.1) is 11.6 Å². The van der Waals surface area contributed by atoms with Gasteiger partial charge in [-0.2, -0.15) is 5.26 Å². The third-order valence-electron chi connectivity index (χ3n) is 3.50. The standard InChI is InChI=1S/C14H18N2O/c1-14(2)7-12(10-17)9-16(14)13-5-3-4-11(6-13)8-15/h3-6,12,17H,7,9-10H2,1-2H3. The topological polar surface area (TPSA) is 47.3 Å². The van der Waals surface area contributed by atoms with Crippen LogP contribution in [0.25, 0.3) is 0 Å². The van der Waals surface area contributed by atoms with Crippen LogP contribution >= 0.6 is 0 Å². The van der Waals surface area contributed by atoms with E-state index in [9.17, 15) is 5.11 Å². The summed E-state index contributed by atoms with van der Waals surface area (Å²) in [7, 11) is 0. The molecular formula is C14H18N2O. The number of hydrogen-bond donors (Lipinski definition) is 1. The van der Waals surface area contributed by atoms with Crippen molar-refractivity contribution >= 4 is 5.69 Å². The van der Waals surface area contributed by atoms with E-state index in [0.717, 1.165) is 18.7 Å². The molecule has 3 heteroatoms. The van der Waals surface area contributed by atoms with Crippen LogP contribution in [0.4, 0.5) is 5.69 Å². The maximum absolute atomic E-state index is 9.28. The van der Waals surface area contributed by atoms with Gasteiger partial charge >= 0.3 is 0 Å². The summed E-state index contributed by atoms with van der Waals surface area (Å²) in [5.74, 6) is 0.329. The molecule has 0 saturated carbocycles. The molecule has 3 nitrogen and oxygen atoms in total. The van der Waals surface area contributed by atoms with E-state index in [2.05, 4.69) is 24.8 Å². The first-order chi connectivity index (χ1) is 8.06. The van der Waals surface area contributed by atoms with Gasteiger partial charge in [-0.25, -0.2) is 0 Å². The van der Waals surface area contributed by atoms with Crippen LogP contribution in [-0.4, -0.2) is 23.8 Å². The number of benzene rings is 1. The first-order valence-electron chi connectivity index (χ1n) is 5.95. The summed E-state index contributed by atoms with van der Waals surface area (Å²) < 4.78 is 0. The molecular weight excluding hydrogens is 212 g/mol. The molecule has 1 unspecified atom stereocenters. The van der Waals surface area contributed by atoms with E-state index in [1.807, 2.05) is 24.3 Å². The Labute approximate surface area is 102 Å². The van der Waals surface area contributed by atoms with Crippen molar-refractivity contribution in [3.8, 4) is 6.07 Å². The van der Waals surface area contributed by atoms with Crippen LogP contribution in [0.15, 0.2) is 24.3 Å². The lowest BCUT2D eigenvalue weighted by Crippen LogP contribution is -2.38.